The Morgan fingerprint density at radius 1 is 1.23 bits per heavy atom. The first-order chi connectivity index (χ1) is 16.7. The third-order valence-corrected chi connectivity index (χ3v) is 5.72. The summed E-state index contributed by atoms with van der Waals surface area (Å²) in [6.45, 7) is 1.85. The van der Waals surface area contributed by atoms with Gasteiger partial charge < -0.3 is 24.0 Å². The van der Waals surface area contributed by atoms with Crippen LogP contribution in [0.3, 0.4) is 0 Å². The van der Waals surface area contributed by atoms with Crippen molar-refractivity contribution in [1.29, 1.82) is 0 Å². The van der Waals surface area contributed by atoms with Crippen molar-refractivity contribution in [3.63, 3.8) is 0 Å². The molecule has 0 aliphatic carbocycles. The van der Waals surface area contributed by atoms with Crippen LogP contribution < -0.4 is 15.8 Å². The van der Waals surface area contributed by atoms with Crippen LogP contribution >= 0.6 is 11.6 Å². The molecule has 3 atom stereocenters. The minimum absolute atomic E-state index is 0.0363. The number of alkyl halides is 3. The van der Waals surface area contributed by atoms with Gasteiger partial charge in [-0.15, -0.1) is 0 Å². The molecule has 2 aliphatic rings. The highest BCUT2D eigenvalue weighted by molar-refractivity contribution is 6.30. The molecule has 0 radical (unpaired) electrons. The predicted molar refractivity (Wildman–Crippen MR) is 117 cm³/mol. The summed E-state index contributed by atoms with van der Waals surface area (Å²) in [6, 6.07) is 0. The molecule has 2 saturated heterocycles. The number of carbonyl (C=O) groups excluding carboxylic acids is 2. The summed E-state index contributed by atoms with van der Waals surface area (Å²) in [4.78, 5) is 36.2. The van der Waals surface area contributed by atoms with E-state index < -0.39 is 30.2 Å². The van der Waals surface area contributed by atoms with E-state index in [9.17, 15) is 22.8 Å². The molecule has 2 fully saturated rings. The van der Waals surface area contributed by atoms with Crippen molar-refractivity contribution in [2.24, 2.45) is 5.92 Å². The zero-order valence-electron chi connectivity index (χ0n) is 19.1. The number of hydrazine groups is 1. The molecule has 0 spiro atoms. The smallest absolute Gasteiger partial charge is 0.382 e. The predicted octanol–water partition coefficient (Wildman–Crippen LogP) is 0.398. The average Bonchev–Trinajstić information content (AvgIpc) is 2.81. The van der Waals surface area contributed by atoms with Gasteiger partial charge in [-0.3, -0.25) is 15.0 Å². The third-order valence-electron chi connectivity index (χ3n) is 5.53. The van der Waals surface area contributed by atoms with E-state index in [1.54, 1.807) is 4.90 Å². The number of rotatable bonds is 10. The first-order valence-corrected chi connectivity index (χ1v) is 11.4. The van der Waals surface area contributed by atoms with Crippen LogP contribution in [0.5, 0.6) is 0 Å². The molecule has 1 aromatic heterocycles. The van der Waals surface area contributed by atoms with Gasteiger partial charge in [-0.1, -0.05) is 11.6 Å². The van der Waals surface area contributed by atoms with Gasteiger partial charge in [0.1, 0.15) is 6.10 Å². The molecule has 2 aliphatic heterocycles. The summed E-state index contributed by atoms with van der Waals surface area (Å²) in [5.41, 5.74) is 4.37. The van der Waals surface area contributed by atoms with Gasteiger partial charge in [0.25, 0.3) is 0 Å². The maximum atomic E-state index is 13.3. The fourth-order valence-corrected chi connectivity index (χ4v) is 3.90. The number of piperazine rings is 1. The molecule has 3 heterocycles. The second-order valence-corrected chi connectivity index (χ2v) is 8.47. The molecular formula is C20H28ClF3N6O5. The Morgan fingerprint density at radius 2 is 1.91 bits per heavy atom. The van der Waals surface area contributed by atoms with Gasteiger partial charge in [0, 0.05) is 39.8 Å². The zero-order chi connectivity index (χ0) is 25.4. The number of aromatic nitrogens is 2. The summed E-state index contributed by atoms with van der Waals surface area (Å²) in [5, 5.41) is 0.446. The van der Waals surface area contributed by atoms with Crippen LogP contribution in [0.1, 0.15) is 6.42 Å². The Hall–Kier alpha value is -2.26. The molecule has 1 aromatic rings. The fraction of sp³-hybridized carbons (Fsp3) is 0.700. The Balaban J connectivity index is 1.40. The van der Waals surface area contributed by atoms with Gasteiger partial charge in [-0.25, -0.2) is 15.4 Å². The van der Waals surface area contributed by atoms with E-state index in [4.69, 9.17) is 25.8 Å². The maximum absolute atomic E-state index is 13.3. The molecule has 196 valence electrons. The number of amides is 2. The lowest BCUT2D eigenvalue weighted by atomic mass is 9.99. The van der Waals surface area contributed by atoms with Gasteiger partial charge in [0.15, 0.2) is 5.92 Å². The topological polar surface area (TPSA) is 118 Å². The van der Waals surface area contributed by atoms with E-state index in [-0.39, 0.29) is 38.7 Å². The first kappa shape index (κ1) is 27.3. The van der Waals surface area contributed by atoms with E-state index in [0.29, 0.717) is 37.1 Å². The maximum Gasteiger partial charge on any atom is 0.403 e. The SMILES string of the molecule is COC[C@H](COCCC(=O)N1CCN(c2ncc(Cl)cn2)CC1)OC1CNNC(=O)C1C(F)(F)F. The number of nitrogens with zero attached hydrogens (tertiary/aromatic N) is 4. The van der Waals surface area contributed by atoms with Crippen molar-refractivity contribution < 1.29 is 37.0 Å². The van der Waals surface area contributed by atoms with Gasteiger partial charge >= 0.3 is 6.18 Å². The zero-order valence-corrected chi connectivity index (χ0v) is 19.8. The number of nitrogens with one attached hydrogen (secondary N) is 2. The van der Waals surface area contributed by atoms with Crippen molar-refractivity contribution in [3.8, 4) is 0 Å². The number of ether oxygens (including phenoxy) is 3. The minimum atomic E-state index is -4.76. The van der Waals surface area contributed by atoms with Crippen molar-refractivity contribution in [1.82, 2.24) is 25.7 Å². The molecule has 0 aromatic carbocycles. The Labute approximate surface area is 205 Å². The summed E-state index contributed by atoms with van der Waals surface area (Å²) in [7, 11) is 1.38. The molecule has 15 heteroatoms. The van der Waals surface area contributed by atoms with Crippen molar-refractivity contribution >= 4 is 29.4 Å². The van der Waals surface area contributed by atoms with E-state index in [0.717, 1.165) is 0 Å². The number of hydrogen-bond acceptors (Lipinski definition) is 9. The monoisotopic (exact) mass is 524 g/mol. The van der Waals surface area contributed by atoms with Gasteiger partial charge in [-0.2, -0.15) is 13.2 Å². The number of halogens is 4. The molecule has 11 nitrogen and oxygen atoms in total. The number of carbonyl (C=O) groups is 2. The van der Waals surface area contributed by atoms with E-state index >= 15 is 0 Å². The molecule has 2 unspecified atom stereocenters. The lowest BCUT2D eigenvalue weighted by molar-refractivity contribution is -0.223. The van der Waals surface area contributed by atoms with Crippen LogP contribution in [0.4, 0.5) is 19.1 Å². The third kappa shape index (κ3) is 7.87. The summed E-state index contributed by atoms with van der Waals surface area (Å²) < 4.78 is 55.9. The molecule has 35 heavy (non-hydrogen) atoms. The van der Waals surface area contributed by atoms with Crippen LogP contribution in [0, 0.1) is 5.92 Å². The Bertz CT molecular complexity index is 842. The van der Waals surface area contributed by atoms with Crippen LogP contribution in [0.2, 0.25) is 5.02 Å². The van der Waals surface area contributed by atoms with E-state index in [1.807, 2.05) is 10.3 Å². The second kappa shape index (κ2) is 12.6. The normalized spacial score (nSPS) is 22.1. The standard InChI is InChI=1S/C20H28ClF3N6O5/c1-33-11-14(35-15-10-27-28-18(32)17(15)20(22,23)24)12-34-7-2-16(31)29-3-5-30(6-4-29)19-25-8-13(21)9-26-19/h8-9,14-15,17,27H,2-7,10-12H2,1H3,(H,28,32)/t14-,15?,17?/m1/s1. The highest BCUT2D eigenvalue weighted by Gasteiger charge is 2.52. The molecule has 0 saturated carbocycles. The first-order valence-electron chi connectivity index (χ1n) is 11.0. The highest BCUT2D eigenvalue weighted by Crippen LogP contribution is 2.32. The van der Waals surface area contributed by atoms with Gasteiger partial charge in [0.2, 0.25) is 17.8 Å². The van der Waals surface area contributed by atoms with Gasteiger partial charge in [-0.05, 0) is 0 Å². The summed E-state index contributed by atoms with van der Waals surface area (Å²) in [6.07, 6.45) is -3.90. The number of methoxy groups -OCH3 is 1. The van der Waals surface area contributed by atoms with E-state index in [1.165, 1.54) is 19.5 Å². The average molecular weight is 525 g/mol. The summed E-state index contributed by atoms with van der Waals surface area (Å²) in [5.74, 6) is -3.07. The minimum Gasteiger partial charge on any atom is -0.382 e. The lowest BCUT2D eigenvalue weighted by Crippen LogP contribution is -2.61. The fourth-order valence-electron chi connectivity index (χ4n) is 3.81. The molecule has 3 rings (SSSR count). The summed E-state index contributed by atoms with van der Waals surface area (Å²) >= 11 is 5.80. The van der Waals surface area contributed by atoms with Crippen LogP contribution in [0.15, 0.2) is 12.4 Å². The van der Waals surface area contributed by atoms with Crippen molar-refractivity contribution in [3.05, 3.63) is 17.4 Å². The molecule has 2 amide bonds. The van der Waals surface area contributed by atoms with E-state index in [2.05, 4.69) is 15.4 Å². The molecule has 2 N–H and O–H groups in total. The Morgan fingerprint density at radius 3 is 2.54 bits per heavy atom. The van der Waals surface area contributed by atoms with Crippen LogP contribution in [-0.4, -0.2) is 105 Å². The van der Waals surface area contributed by atoms with Crippen molar-refractivity contribution in [2.45, 2.75) is 24.8 Å². The van der Waals surface area contributed by atoms with Gasteiger partial charge in [0.05, 0.1) is 49.8 Å². The number of anilines is 1. The Kier molecular flexibility index (Phi) is 9.86. The van der Waals surface area contributed by atoms with Crippen LogP contribution in [0.25, 0.3) is 0 Å². The molecular weight excluding hydrogens is 497 g/mol. The number of hydrogen-bond donors (Lipinski definition) is 2. The largest absolute Gasteiger partial charge is 0.403 e. The quantitative estimate of drug-likeness (QED) is 0.419. The van der Waals surface area contributed by atoms with Crippen molar-refractivity contribution in [2.75, 3.05) is 64.6 Å². The lowest BCUT2D eigenvalue weighted by Gasteiger charge is -2.35. The second-order valence-electron chi connectivity index (χ2n) is 8.04. The highest BCUT2D eigenvalue weighted by atomic mass is 35.5. The molecule has 0 bridgehead atoms. The van der Waals surface area contributed by atoms with Crippen LogP contribution in [-0.2, 0) is 23.8 Å².